The van der Waals surface area contributed by atoms with Gasteiger partial charge in [0.1, 0.15) is 11.8 Å². The van der Waals surface area contributed by atoms with Crippen LogP contribution in [0.3, 0.4) is 0 Å². The standard InChI is InChI=1S/C32H34N6O5S/c1-43-26-8-10-27(11-9-26)44(41,42)38-28-12-7-23(20-33)19-29(28)37(32(38)40)30(25-5-3-2-4-6-25)31(39)36-16-13-24(22-36)21-35-17-14-34-15-18-35/h2-12,19,24,30,34H,13-18,21-22H2,1H3/t24-,30?/m0/s1. The van der Waals surface area contributed by atoms with Gasteiger partial charge in [-0.05, 0) is 60.4 Å². The van der Waals surface area contributed by atoms with E-state index >= 15 is 0 Å². The zero-order chi connectivity index (χ0) is 30.8. The Labute approximate surface area is 255 Å². The van der Waals surface area contributed by atoms with Crippen LogP contribution >= 0.6 is 0 Å². The number of piperazine rings is 1. The average Bonchev–Trinajstić information content (AvgIpc) is 3.64. The fourth-order valence-corrected chi connectivity index (χ4v) is 7.65. The predicted molar refractivity (Wildman–Crippen MR) is 165 cm³/mol. The number of likely N-dealkylation sites (tertiary alicyclic amines) is 1. The number of methoxy groups -OCH3 is 1. The predicted octanol–water partition coefficient (Wildman–Crippen LogP) is 2.26. The van der Waals surface area contributed by atoms with Crippen molar-refractivity contribution in [1.29, 1.82) is 5.26 Å². The summed E-state index contributed by atoms with van der Waals surface area (Å²) in [6.45, 7) is 5.82. The fourth-order valence-electron chi connectivity index (χ4n) is 6.25. The lowest BCUT2D eigenvalue weighted by Crippen LogP contribution is -2.46. The molecular formula is C32H34N6O5S. The number of fused-ring (bicyclic) bond motifs is 1. The lowest BCUT2D eigenvalue weighted by Gasteiger charge is -2.30. The van der Waals surface area contributed by atoms with Gasteiger partial charge in [0.2, 0.25) is 5.91 Å². The summed E-state index contributed by atoms with van der Waals surface area (Å²) < 4.78 is 35.1. The van der Waals surface area contributed by atoms with Crippen LogP contribution in [0.25, 0.3) is 11.0 Å². The van der Waals surface area contributed by atoms with Crippen molar-refractivity contribution in [3.63, 3.8) is 0 Å². The number of benzene rings is 3. The number of nitriles is 1. The molecular weight excluding hydrogens is 580 g/mol. The molecule has 1 amide bonds. The highest BCUT2D eigenvalue weighted by Gasteiger charge is 2.37. The van der Waals surface area contributed by atoms with E-state index in [0.717, 1.165) is 43.1 Å². The molecule has 0 aliphatic carbocycles. The van der Waals surface area contributed by atoms with Gasteiger partial charge in [0.15, 0.2) is 0 Å². The first-order chi connectivity index (χ1) is 21.3. The van der Waals surface area contributed by atoms with Crippen LogP contribution in [-0.4, -0.2) is 85.6 Å². The van der Waals surface area contributed by atoms with E-state index in [4.69, 9.17) is 4.74 Å². The van der Waals surface area contributed by atoms with Crippen molar-refractivity contribution < 1.29 is 17.9 Å². The fraction of sp³-hybridized carbons (Fsp3) is 0.344. The van der Waals surface area contributed by atoms with E-state index in [1.54, 1.807) is 29.2 Å². The molecule has 2 aliphatic heterocycles. The van der Waals surface area contributed by atoms with Gasteiger partial charge in [-0.3, -0.25) is 9.36 Å². The van der Waals surface area contributed by atoms with Gasteiger partial charge >= 0.3 is 5.69 Å². The molecule has 12 heteroatoms. The van der Waals surface area contributed by atoms with Crippen molar-refractivity contribution in [3.05, 3.63) is 94.4 Å². The first-order valence-electron chi connectivity index (χ1n) is 14.7. The number of hydrogen-bond donors (Lipinski definition) is 1. The van der Waals surface area contributed by atoms with E-state index in [1.165, 1.54) is 54.1 Å². The molecule has 228 valence electrons. The monoisotopic (exact) mass is 614 g/mol. The Kier molecular flexibility index (Phi) is 8.27. The summed E-state index contributed by atoms with van der Waals surface area (Å²) >= 11 is 0. The van der Waals surface area contributed by atoms with Crippen molar-refractivity contribution in [3.8, 4) is 11.8 Å². The Morgan fingerprint density at radius 2 is 1.75 bits per heavy atom. The maximum absolute atomic E-state index is 14.4. The normalized spacial score (nSPS) is 18.3. The zero-order valence-corrected chi connectivity index (χ0v) is 25.2. The van der Waals surface area contributed by atoms with Crippen molar-refractivity contribution in [2.45, 2.75) is 17.4 Å². The zero-order valence-electron chi connectivity index (χ0n) is 24.4. The number of carbonyl (C=O) groups is 1. The number of rotatable bonds is 8. The van der Waals surface area contributed by atoms with Gasteiger partial charge in [0.05, 0.1) is 34.7 Å². The molecule has 2 atom stereocenters. The highest BCUT2D eigenvalue weighted by Crippen LogP contribution is 2.30. The minimum Gasteiger partial charge on any atom is -0.497 e. The minimum atomic E-state index is -4.40. The molecule has 2 fully saturated rings. The lowest BCUT2D eigenvalue weighted by molar-refractivity contribution is -0.132. The van der Waals surface area contributed by atoms with Crippen LogP contribution in [0.5, 0.6) is 5.75 Å². The third-order valence-electron chi connectivity index (χ3n) is 8.49. The van der Waals surface area contributed by atoms with E-state index in [0.29, 0.717) is 30.3 Å². The quantitative estimate of drug-likeness (QED) is 0.320. The summed E-state index contributed by atoms with van der Waals surface area (Å²) in [5, 5.41) is 13.1. The summed E-state index contributed by atoms with van der Waals surface area (Å²) in [6, 6.07) is 20.0. The van der Waals surface area contributed by atoms with E-state index in [2.05, 4.69) is 16.3 Å². The van der Waals surface area contributed by atoms with Crippen LogP contribution in [0, 0.1) is 17.2 Å². The van der Waals surface area contributed by atoms with Gasteiger partial charge in [-0.2, -0.15) is 9.23 Å². The molecule has 6 rings (SSSR count). The van der Waals surface area contributed by atoms with Crippen LogP contribution in [0.2, 0.25) is 0 Å². The van der Waals surface area contributed by atoms with E-state index < -0.39 is 21.8 Å². The summed E-state index contributed by atoms with van der Waals surface area (Å²) in [6.07, 6.45) is 0.846. The molecule has 0 saturated carbocycles. The van der Waals surface area contributed by atoms with E-state index in [-0.39, 0.29) is 27.4 Å². The topological polar surface area (TPSA) is 130 Å². The molecule has 2 saturated heterocycles. The minimum absolute atomic E-state index is 0.0801. The van der Waals surface area contributed by atoms with Gasteiger partial charge in [0, 0.05) is 45.8 Å². The van der Waals surface area contributed by atoms with Crippen molar-refractivity contribution in [1.82, 2.24) is 23.7 Å². The molecule has 11 nitrogen and oxygen atoms in total. The summed E-state index contributed by atoms with van der Waals surface area (Å²) in [4.78, 5) is 32.9. The number of imidazole rings is 1. The number of aromatic nitrogens is 2. The van der Waals surface area contributed by atoms with Gasteiger partial charge in [-0.15, -0.1) is 0 Å². The second kappa shape index (κ2) is 12.3. The Morgan fingerprint density at radius 3 is 2.43 bits per heavy atom. The first kappa shape index (κ1) is 29.6. The van der Waals surface area contributed by atoms with Crippen LogP contribution in [0.1, 0.15) is 23.6 Å². The molecule has 3 heterocycles. The van der Waals surface area contributed by atoms with Crippen LogP contribution in [0.4, 0.5) is 0 Å². The average molecular weight is 615 g/mol. The number of hydrogen-bond acceptors (Lipinski definition) is 8. The molecule has 1 unspecified atom stereocenters. The second-order valence-corrected chi connectivity index (χ2v) is 13.0. The van der Waals surface area contributed by atoms with Gasteiger partial charge in [-0.1, -0.05) is 30.3 Å². The summed E-state index contributed by atoms with van der Waals surface area (Å²) in [5.41, 5.74) is 0.168. The molecule has 0 radical (unpaired) electrons. The molecule has 2 aliphatic rings. The highest BCUT2D eigenvalue weighted by molar-refractivity contribution is 7.90. The molecule has 3 aromatic carbocycles. The number of carbonyl (C=O) groups excluding carboxylic acids is 1. The number of nitrogens with zero attached hydrogens (tertiary/aromatic N) is 5. The largest absolute Gasteiger partial charge is 0.497 e. The Bertz CT molecular complexity index is 1870. The Morgan fingerprint density at radius 1 is 1.02 bits per heavy atom. The second-order valence-electron chi connectivity index (χ2n) is 11.2. The molecule has 1 N–H and O–H groups in total. The van der Waals surface area contributed by atoms with E-state index in [1.807, 2.05) is 6.07 Å². The molecule has 0 spiro atoms. The SMILES string of the molecule is COc1ccc(S(=O)(=O)n2c(=O)n(C(C(=O)N3CC[C@@H](CN4CCNCC4)C3)c3ccccc3)c3cc(C#N)ccc32)cc1. The maximum Gasteiger partial charge on any atom is 0.344 e. The molecule has 1 aromatic heterocycles. The van der Waals surface area contributed by atoms with Crippen LogP contribution < -0.4 is 15.7 Å². The highest BCUT2D eigenvalue weighted by atomic mass is 32.2. The Balaban J connectivity index is 1.46. The third-order valence-corrected chi connectivity index (χ3v) is 10.2. The van der Waals surface area contributed by atoms with E-state index in [9.17, 15) is 23.3 Å². The molecule has 0 bridgehead atoms. The van der Waals surface area contributed by atoms with Crippen molar-refractivity contribution in [2.75, 3.05) is 52.9 Å². The maximum atomic E-state index is 14.4. The first-order valence-corrected chi connectivity index (χ1v) is 16.1. The van der Waals surface area contributed by atoms with Crippen molar-refractivity contribution in [2.24, 2.45) is 5.92 Å². The number of nitrogens with one attached hydrogen (secondary N) is 1. The summed E-state index contributed by atoms with van der Waals surface area (Å²) in [5.74, 6) is 0.476. The Hall–Kier alpha value is -4.44. The van der Waals surface area contributed by atoms with Crippen molar-refractivity contribution >= 4 is 27.0 Å². The third kappa shape index (κ3) is 5.50. The molecule has 44 heavy (non-hydrogen) atoms. The number of ether oxygens (including phenoxy) is 1. The van der Waals surface area contributed by atoms with Gasteiger partial charge in [-0.25, -0.2) is 13.2 Å². The van der Waals surface area contributed by atoms with Crippen LogP contribution in [0.15, 0.2) is 82.5 Å². The van der Waals surface area contributed by atoms with Gasteiger partial charge in [0.25, 0.3) is 10.0 Å². The van der Waals surface area contributed by atoms with Gasteiger partial charge < -0.3 is 19.9 Å². The summed E-state index contributed by atoms with van der Waals surface area (Å²) in [7, 11) is -2.92. The lowest BCUT2D eigenvalue weighted by atomic mass is 10.0. The molecule has 4 aromatic rings. The smallest absolute Gasteiger partial charge is 0.344 e. The van der Waals surface area contributed by atoms with Crippen LogP contribution in [-0.2, 0) is 14.8 Å². The number of amides is 1.